The summed E-state index contributed by atoms with van der Waals surface area (Å²) < 4.78 is 5.13. The smallest absolute Gasteiger partial charge is 0.0547 e. The second-order valence-electron chi connectivity index (χ2n) is 12.2. The Morgan fingerprint density at radius 1 is 0.636 bits per heavy atom. The Labute approximate surface area is 259 Å². The molecule has 2 nitrogen and oxygen atoms in total. The van der Waals surface area contributed by atoms with Crippen molar-refractivity contribution in [2.45, 2.75) is 12.3 Å². The van der Waals surface area contributed by atoms with E-state index in [1.807, 2.05) is 11.3 Å². The van der Waals surface area contributed by atoms with Crippen LogP contribution in [0, 0.1) is 0 Å². The lowest BCUT2D eigenvalue weighted by atomic mass is 9.86. The first-order valence-corrected chi connectivity index (χ1v) is 16.2. The van der Waals surface area contributed by atoms with Gasteiger partial charge in [-0.2, -0.15) is 0 Å². The minimum Gasteiger partial charge on any atom is -0.347 e. The monoisotopic (exact) mass is 580 g/mol. The van der Waals surface area contributed by atoms with Gasteiger partial charge in [0, 0.05) is 66.6 Å². The van der Waals surface area contributed by atoms with Crippen molar-refractivity contribution in [3.8, 4) is 5.69 Å². The topological polar surface area (TPSA) is 8.17 Å². The van der Waals surface area contributed by atoms with Gasteiger partial charge in [-0.15, -0.1) is 11.3 Å². The molecule has 0 N–H and O–H groups in total. The maximum absolute atomic E-state index is 2.46. The van der Waals surface area contributed by atoms with Crippen LogP contribution in [0.2, 0.25) is 0 Å². The molecule has 0 amide bonds. The number of aromatic nitrogens is 1. The molecule has 1 aliphatic heterocycles. The molecule has 208 valence electrons. The lowest BCUT2D eigenvalue weighted by Gasteiger charge is -2.24. The van der Waals surface area contributed by atoms with E-state index in [4.69, 9.17) is 0 Å². The van der Waals surface area contributed by atoms with Crippen LogP contribution in [0.4, 0.5) is 5.69 Å². The molecule has 1 atom stereocenters. The van der Waals surface area contributed by atoms with E-state index in [-0.39, 0.29) is 0 Å². The highest BCUT2D eigenvalue weighted by atomic mass is 32.1. The highest BCUT2D eigenvalue weighted by molar-refractivity contribution is 7.25. The van der Waals surface area contributed by atoms with Gasteiger partial charge < -0.3 is 9.47 Å². The molecule has 3 heterocycles. The number of allylic oxidation sites excluding steroid dienone is 4. The van der Waals surface area contributed by atoms with Crippen molar-refractivity contribution in [1.82, 2.24) is 4.57 Å². The first kappa shape index (κ1) is 24.3. The molecule has 2 aliphatic rings. The van der Waals surface area contributed by atoms with E-state index >= 15 is 0 Å². The molecule has 0 bridgehead atoms. The van der Waals surface area contributed by atoms with Crippen LogP contribution in [0.1, 0.15) is 23.5 Å². The first-order chi connectivity index (χ1) is 21.7. The third kappa shape index (κ3) is 3.30. The second-order valence-corrected chi connectivity index (χ2v) is 13.3. The Bertz CT molecular complexity index is 2560. The summed E-state index contributed by atoms with van der Waals surface area (Å²) in [5.74, 6) is 0.417. The molecular formula is C41H28N2S. The van der Waals surface area contributed by atoms with Crippen molar-refractivity contribution < 1.29 is 0 Å². The minimum atomic E-state index is 0.417. The van der Waals surface area contributed by atoms with E-state index < -0.39 is 0 Å². The van der Waals surface area contributed by atoms with Crippen molar-refractivity contribution in [3.63, 3.8) is 0 Å². The molecule has 3 heteroatoms. The van der Waals surface area contributed by atoms with Gasteiger partial charge in [-0.25, -0.2) is 0 Å². The molecule has 0 saturated heterocycles. The molecule has 1 unspecified atom stereocenters. The number of fused-ring (bicyclic) bond motifs is 10. The van der Waals surface area contributed by atoms with Crippen molar-refractivity contribution in [3.05, 3.63) is 150 Å². The number of hydrogen-bond donors (Lipinski definition) is 0. The fourth-order valence-corrected chi connectivity index (χ4v) is 8.95. The van der Waals surface area contributed by atoms with Crippen LogP contribution in [0.3, 0.4) is 0 Å². The number of para-hydroxylation sites is 2. The van der Waals surface area contributed by atoms with Crippen LogP contribution in [-0.2, 0) is 0 Å². The van der Waals surface area contributed by atoms with Gasteiger partial charge in [-0.3, -0.25) is 0 Å². The van der Waals surface area contributed by atoms with Crippen LogP contribution < -0.4 is 4.90 Å². The number of hydrogen-bond acceptors (Lipinski definition) is 2. The maximum atomic E-state index is 2.46. The summed E-state index contributed by atoms with van der Waals surface area (Å²) in [7, 11) is 2.23. The normalized spacial score (nSPS) is 16.2. The molecule has 6 aromatic carbocycles. The van der Waals surface area contributed by atoms with E-state index in [9.17, 15) is 0 Å². The number of likely N-dealkylation sites (N-methyl/N-ethyl adjacent to an activating group) is 1. The van der Waals surface area contributed by atoms with Crippen molar-refractivity contribution in [1.29, 1.82) is 0 Å². The third-order valence-corrected chi connectivity index (χ3v) is 11.0. The summed E-state index contributed by atoms with van der Waals surface area (Å²) in [4.78, 5) is 2.41. The number of benzene rings is 6. The number of anilines is 1. The van der Waals surface area contributed by atoms with Gasteiger partial charge in [-0.1, -0.05) is 78.9 Å². The van der Waals surface area contributed by atoms with E-state index in [1.54, 1.807) is 0 Å². The fraction of sp³-hybridized carbons (Fsp3) is 0.0732. The van der Waals surface area contributed by atoms with Gasteiger partial charge in [-0.05, 0) is 82.9 Å². The van der Waals surface area contributed by atoms with Gasteiger partial charge in [0.05, 0.1) is 11.0 Å². The quantitative estimate of drug-likeness (QED) is 0.197. The predicted octanol–water partition coefficient (Wildman–Crippen LogP) is 11.2. The molecule has 1 aliphatic carbocycles. The second kappa shape index (κ2) is 8.95. The number of nitrogens with zero attached hydrogens (tertiary/aromatic N) is 2. The van der Waals surface area contributed by atoms with E-state index in [2.05, 4.69) is 150 Å². The Kier molecular flexibility index (Phi) is 4.95. The molecule has 44 heavy (non-hydrogen) atoms. The molecular weight excluding hydrogens is 553 g/mol. The Hall–Kier alpha value is -5.12. The van der Waals surface area contributed by atoms with Crippen molar-refractivity contribution in [2.75, 3.05) is 11.9 Å². The third-order valence-electron chi connectivity index (χ3n) is 9.86. The van der Waals surface area contributed by atoms with Crippen LogP contribution in [0.5, 0.6) is 0 Å². The van der Waals surface area contributed by atoms with Crippen LogP contribution in [0.15, 0.2) is 139 Å². The Morgan fingerprint density at radius 3 is 2.41 bits per heavy atom. The van der Waals surface area contributed by atoms with E-state index in [1.165, 1.54) is 86.5 Å². The van der Waals surface area contributed by atoms with Gasteiger partial charge in [0.25, 0.3) is 0 Å². The summed E-state index contributed by atoms with van der Waals surface area (Å²) in [6, 6.07) is 45.3. The number of thiophene rings is 1. The highest BCUT2D eigenvalue weighted by Crippen LogP contribution is 2.50. The molecule has 10 rings (SSSR count). The molecule has 0 radical (unpaired) electrons. The van der Waals surface area contributed by atoms with Gasteiger partial charge in [0.2, 0.25) is 0 Å². The van der Waals surface area contributed by atoms with Crippen LogP contribution in [-0.4, -0.2) is 11.6 Å². The largest absolute Gasteiger partial charge is 0.347 e. The predicted molar refractivity (Wildman–Crippen MR) is 189 cm³/mol. The minimum absolute atomic E-state index is 0.417. The molecule has 0 spiro atoms. The highest BCUT2D eigenvalue weighted by Gasteiger charge is 2.34. The van der Waals surface area contributed by atoms with Crippen molar-refractivity contribution >= 4 is 75.3 Å². The van der Waals surface area contributed by atoms with Crippen molar-refractivity contribution in [2.24, 2.45) is 0 Å². The first-order valence-electron chi connectivity index (χ1n) is 15.4. The maximum Gasteiger partial charge on any atom is 0.0547 e. The van der Waals surface area contributed by atoms with Crippen LogP contribution in [0.25, 0.3) is 64.0 Å². The zero-order valence-corrected chi connectivity index (χ0v) is 25.1. The summed E-state index contributed by atoms with van der Waals surface area (Å²) >= 11 is 1.87. The standard InChI is InChI=1S/C41H28N2S/c1-42-36-14-5-2-9-30(36)33-13-8-12-29(41(33)42)26-18-17-25-22-34-31-10-3-6-15-37(31)43(38(34)23-27(25)21-26)28-19-20-40-35(24-28)32-11-4-7-16-39(32)44-40/h2-12,14-24,33H,13H2,1H3. The molecule has 0 fully saturated rings. The summed E-state index contributed by atoms with van der Waals surface area (Å²) in [5, 5.41) is 7.78. The van der Waals surface area contributed by atoms with Gasteiger partial charge in [0.15, 0.2) is 0 Å². The zero-order chi connectivity index (χ0) is 28.9. The van der Waals surface area contributed by atoms with Gasteiger partial charge in [0.1, 0.15) is 0 Å². The molecule has 8 aromatic rings. The Morgan fingerprint density at radius 2 is 1.45 bits per heavy atom. The zero-order valence-electron chi connectivity index (χ0n) is 24.3. The fourth-order valence-electron chi connectivity index (χ4n) is 7.87. The average molecular weight is 581 g/mol. The van der Waals surface area contributed by atoms with E-state index in [0.29, 0.717) is 5.92 Å². The summed E-state index contributed by atoms with van der Waals surface area (Å²) in [6.07, 6.45) is 5.75. The van der Waals surface area contributed by atoms with Crippen LogP contribution >= 0.6 is 11.3 Å². The summed E-state index contributed by atoms with van der Waals surface area (Å²) in [6.45, 7) is 0. The average Bonchev–Trinajstić information content (AvgIpc) is 3.71. The SMILES string of the molecule is CN1C2=C(c3ccc4cc5c6ccccc6n(-c6ccc7sc8ccccc8c7c6)c5cc4c3)C=CCC2c2ccccc21. The van der Waals surface area contributed by atoms with Gasteiger partial charge >= 0.3 is 0 Å². The Balaban J connectivity index is 1.20. The van der Waals surface area contributed by atoms with E-state index in [0.717, 1.165) is 6.42 Å². The molecule has 2 aromatic heterocycles. The number of rotatable bonds is 2. The lowest BCUT2D eigenvalue weighted by molar-refractivity contribution is 0.817. The summed E-state index contributed by atoms with van der Waals surface area (Å²) in [5.41, 5.74) is 10.5. The molecule has 0 saturated carbocycles. The lowest BCUT2D eigenvalue weighted by Crippen LogP contribution is -2.16.